The van der Waals surface area contributed by atoms with E-state index in [4.69, 9.17) is 16.2 Å². The van der Waals surface area contributed by atoms with E-state index in [0.29, 0.717) is 17.7 Å². The van der Waals surface area contributed by atoms with Crippen molar-refractivity contribution in [1.82, 2.24) is 9.97 Å². The molecule has 3 aromatic rings. The predicted octanol–water partition coefficient (Wildman–Crippen LogP) is 4.17. The highest BCUT2D eigenvalue weighted by atomic mass is 19.1. The molecule has 0 radical (unpaired) electrons. The second-order valence-corrected chi connectivity index (χ2v) is 6.60. The number of aryl methyl sites for hydroxylation is 1. The van der Waals surface area contributed by atoms with Crippen molar-refractivity contribution < 1.29 is 9.13 Å². The first-order valence-corrected chi connectivity index (χ1v) is 9.30. The van der Waals surface area contributed by atoms with Gasteiger partial charge in [-0.3, -0.25) is 0 Å². The number of hydrogen-bond donors (Lipinski definition) is 2. The van der Waals surface area contributed by atoms with Gasteiger partial charge in [-0.25, -0.2) is 9.37 Å². The summed E-state index contributed by atoms with van der Waals surface area (Å²) in [5, 5.41) is 0. The number of nitrogen functional groups attached to an aromatic ring is 2. The summed E-state index contributed by atoms with van der Waals surface area (Å²) in [5.41, 5.74) is 15.8. The maximum absolute atomic E-state index is 13.2. The zero-order chi connectivity index (χ0) is 21.0. The molecule has 1 aromatic heterocycles. The van der Waals surface area contributed by atoms with Gasteiger partial charge in [-0.2, -0.15) is 4.98 Å². The minimum atomic E-state index is -0.265. The molecule has 0 bridgehead atoms. The van der Waals surface area contributed by atoms with Gasteiger partial charge in [0.15, 0.2) is 0 Å². The maximum atomic E-state index is 13.2. The number of anilines is 2. The average Bonchev–Trinajstić information content (AvgIpc) is 2.72. The predicted molar refractivity (Wildman–Crippen MR) is 114 cm³/mol. The lowest BCUT2D eigenvalue weighted by Crippen LogP contribution is -2.07. The van der Waals surface area contributed by atoms with Gasteiger partial charge in [-0.1, -0.05) is 43.0 Å². The van der Waals surface area contributed by atoms with Crippen LogP contribution < -0.4 is 16.2 Å². The lowest BCUT2D eigenvalue weighted by molar-refractivity contribution is 0.409. The molecule has 5 nitrogen and oxygen atoms in total. The second-order valence-electron chi connectivity index (χ2n) is 6.60. The number of rotatable bonds is 4. The van der Waals surface area contributed by atoms with Gasteiger partial charge in [0.1, 0.15) is 17.4 Å². The Morgan fingerprint density at radius 1 is 1.07 bits per heavy atom. The van der Waals surface area contributed by atoms with E-state index in [0.717, 1.165) is 22.4 Å². The molecular weight excluding hydrogens is 367 g/mol. The van der Waals surface area contributed by atoms with Gasteiger partial charge in [0.2, 0.25) is 5.95 Å². The van der Waals surface area contributed by atoms with E-state index in [1.54, 1.807) is 19.2 Å². The van der Waals surface area contributed by atoms with Crippen LogP contribution in [0, 0.1) is 17.7 Å². The number of hydrogen-bond acceptors (Lipinski definition) is 5. The van der Waals surface area contributed by atoms with Crippen molar-refractivity contribution in [2.45, 2.75) is 26.2 Å². The molecule has 29 heavy (non-hydrogen) atoms. The van der Waals surface area contributed by atoms with Crippen molar-refractivity contribution in [3.8, 4) is 28.7 Å². The lowest BCUT2D eigenvalue weighted by Gasteiger charge is -2.13. The molecule has 148 valence electrons. The Hall–Kier alpha value is -3.59. The van der Waals surface area contributed by atoms with Crippen molar-refractivity contribution in [1.29, 1.82) is 0 Å². The highest BCUT2D eigenvalue weighted by molar-refractivity contribution is 5.67. The molecule has 1 unspecified atom stereocenters. The summed E-state index contributed by atoms with van der Waals surface area (Å²) in [6.45, 7) is 3.95. The number of methoxy groups -OCH3 is 1. The average molecular weight is 390 g/mol. The maximum Gasteiger partial charge on any atom is 0.222 e. The summed E-state index contributed by atoms with van der Waals surface area (Å²) in [7, 11) is 1.62. The van der Waals surface area contributed by atoms with Crippen LogP contribution in [-0.2, 0) is 6.42 Å². The fourth-order valence-corrected chi connectivity index (χ4v) is 3.09. The molecule has 4 N–H and O–H groups in total. The molecular formula is C23H23FN4O. The molecule has 6 heteroatoms. The van der Waals surface area contributed by atoms with E-state index < -0.39 is 0 Å². The quantitative estimate of drug-likeness (QED) is 0.653. The minimum absolute atomic E-state index is 0.117. The third kappa shape index (κ3) is 4.46. The summed E-state index contributed by atoms with van der Waals surface area (Å²) in [4.78, 5) is 8.23. The van der Waals surface area contributed by atoms with Crippen LogP contribution in [0.4, 0.5) is 16.2 Å². The Kier molecular flexibility index (Phi) is 5.99. The minimum Gasteiger partial charge on any atom is -0.496 e. The highest BCUT2D eigenvalue weighted by Gasteiger charge is 2.12. The third-order valence-corrected chi connectivity index (χ3v) is 4.66. The highest BCUT2D eigenvalue weighted by Crippen LogP contribution is 2.32. The van der Waals surface area contributed by atoms with E-state index >= 15 is 0 Å². The molecule has 1 heterocycles. The largest absolute Gasteiger partial charge is 0.496 e. The number of nitrogens with zero attached hydrogens (tertiary/aromatic N) is 2. The van der Waals surface area contributed by atoms with Gasteiger partial charge in [-0.05, 0) is 42.7 Å². The molecule has 0 saturated heterocycles. The van der Waals surface area contributed by atoms with Gasteiger partial charge < -0.3 is 16.2 Å². The van der Waals surface area contributed by atoms with Crippen molar-refractivity contribution in [3.05, 3.63) is 65.1 Å². The molecule has 0 aliphatic rings. The molecule has 2 aromatic carbocycles. The van der Waals surface area contributed by atoms with Gasteiger partial charge in [0, 0.05) is 11.5 Å². The Bertz CT molecular complexity index is 1080. The van der Waals surface area contributed by atoms with E-state index in [1.165, 1.54) is 12.1 Å². The summed E-state index contributed by atoms with van der Waals surface area (Å²) in [5.74, 6) is 7.09. The normalized spacial score (nSPS) is 11.4. The first-order chi connectivity index (χ1) is 13.9. The Morgan fingerprint density at radius 3 is 2.41 bits per heavy atom. The zero-order valence-corrected chi connectivity index (χ0v) is 16.7. The van der Waals surface area contributed by atoms with Crippen LogP contribution in [0.3, 0.4) is 0 Å². The monoisotopic (exact) mass is 390 g/mol. The van der Waals surface area contributed by atoms with Crippen LogP contribution in [0.2, 0.25) is 0 Å². The van der Waals surface area contributed by atoms with Gasteiger partial charge >= 0.3 is 0 Å². The molecule has 0 saturated carbocycles. The molecule has 0 amide bonds. The van der Waals surface area contributed by atoms with Crippen LogP contribution in [-0.4, -0.2) is 17.1 Å². The van der Waals surface area contributed by atoms with Crippen LogP contribution in [0.15, 0.2) is 42.5 Å². The topological polar surface area (TPSA) is 87.0 Å². The van der Waals surface area contributed by atoms with Crippen molar-refractivity contribution in [2.75, 3.05) is 18.6 Å². The van der Waals surface area contributed by atoms with Gasteiger partial charge in [-0.15, -0.1) is 0 Å². The molecule has 3 rings (SSSR count). The first-order valence-electron chi connectivity index (χ1n) is 9.30. The fraction of sp³-hybridized carbons (Fsp3) is 0.217. The van der Waals surface area contributed by atoms with Gasteiger partial charge in [0.25, 0.3) is 0 Å². The lowest BCUT2D eigenvalue weighted by atomic mass is 9.96. The smallest absolute Gasteiger partial charge is 0.222 e. The van der Waals surface area contributed by atoms with Crippen LogP contribution in [0.25, 0.3) is 11.1 Å². The van der Waals surface area contributed by atoms with Crippen molar-refractivity contribution in [3.63, 3.8) is 0 Å². The van der Waals surface area contributed by atoms with E-state index in [9.17, 15) is 4.39 Å². The molecule has 0 aliphatic carbocycles. The number of halogens is 1. The SMILES string of the molecule is CCc1nc(N)nc(N)c1C#CC(C)c1ccc(-c2ccc(F)cc2)cc1OC. The number of ether oxygens (including phenoxy) is 1. The number of nitrogens with two attached hydrogens (primary N) is 2. The molecule has 0 spiro atoms. The Balaban J connectivity index is 1.94. The summed E-state index contributed by atoms with van der Waals surface area (Å²) in [6.07, 6.45) is 0.658. The van der Waals surface area contributed by atoms with Crippen LogP contribution in [0.1, 0.15) is 36.6 Å². The Labute approximate surface area is 169 Å². The summed E-state index contributed by atoms with van der Waals surface area (Å²) >= 11 is 0. The van der Waals surface area contributed by atoms with E-state index in [-0.39, 0.29) is 23.5 Å². The van der Waals surface area contributed by atoms with E-state index in [2.05, 4.69) is 21.8 Å². The third-order valence-electron chi connectivity index (χ3n) is 4.66. The van der Waals surface area contributed by atoms with Crippen molar-refractivity contribution in [2.24, 2.45) is 0 Å². The zero-order valence-electron chi connectivity index (χ0n) is 16.7. The standard InChI is InChI=1S/C23H23FN4O/c1-4-20-19(22(25)28-23(26)27-20)11-5-14(2)18-12-8-16(13-21(18)29-3)15-6-9-17(24)10-7-15/h6-10,12-14H,4H2,1-3H3,(H4,25,26,27,28). The van der Waals surface area contributed by atoms with Crippen LogP contribution in [0.5, 0.6) is 5.75 Å². The summed E-state index contributed by atoms with van der Waals surface area (Å²) in [6, 6.07) is 12.2. The molecule has 1 atom stereocenters. The fourth-order valence-electron chi connectivity index (χ4n) is 3.09. The molecule has 0 fully saturated rings. The molecule has 0 aliphatic heterocycles. The van der Waals surface area contributed by atoms with Gasteiger partial charge in [0.05, 0.1) is 18.4 Å². The number of benzene rings is 2. The number of aromatic nitrogens is 2. The second kappa shape index (κ2) is 8.61. The summed E-state index contributed by atoms with van der Waals surface area (Å²) < 4.78 is 18.8. The van der Waals surface area contributed by atoms with Crippen LogP contribution >= 0.6 is 0 Å². The Morgan fingerprint density at radius 2 is 1.76 bits per heavy atom. The van der Waals surface area contributed by atoms with E-state index in [1.807, 2.05) is 32.0 Å². The first kappa shape index (κ1) is 20.2. The van der Waals surface area contributed by atoms with Crippen molar-refractivity contribution >= 4 is 11.8 Å².